The lowest BCUT2D eigenvalue weighted by Gasteiger charge is -2.09. The Morgan fingerprint density at radius 2 is 2.00 bits per heavy atom. The summed E-state index contributed by atoms with van der Waals surface area (Å²) < 4.78 is 5.78. The first-order valence-electron chi connectivity index (χ1n) is 6.67. The van der Waals surface area contributed by atoms with Crippen molar-refractivity contribution in [3.05, 3.63) is 63.7 Å². The van der Waals surface area contributed by atoms with E-state index in [1.807, 2.05) is 43.3 Å². The van der Waals surface area contributed by atoms with Gasteiger partial charge in [0, 0.05) is 17.0 Å². The maximum atomic E-state index is 11.6. The minimum atomic E-state index is 0.233. The summed E-state index contributed by atoms with van der Waals surface area (Å²) in [5.74, 6) is 1.03. The summed E-state index contributed by atoms with van der Waals surface area (Å²) in [7, 11) is 0. The number of hydrogen-bond donors (Lipinski definition) is 0. The van der Waals surface area contributed by atoms with Crippen molar-refractivity contribution in [2.75, 3.05) is 0 Å². The van der Waals surface area contributed by atoms with Gasteiger partial charge in [-0.25, -0.2) is 0 Å². The summed E-state index contributed by atoms with van der Waals surface area (Å²) in [6.45, 7) is 2.46. The topological polar surface area (TPSA) is 26.3 Å². The smallest absolute Gasteiger partial charge is 0.163 e. The molecule has 0 aliphatic heterocycles. The van der Waals surface area contributed by atoms with E-state index in [9.17, 15) is 4.79 Å². The maximum absolute atomic E-state index is 11.6. The molecule has 102 valence electrons. The highest BCUT2D eigenvalue weighted by atomic mass is 35.5. The van der Waals surface area contributed by atoms with Crippen molar-refractivity contribution in [2.24, 2.45) is 0 Å². The molecule has 3 rings (SSSR count). The van der Waals surface area contributed by atoms with Crippen LogP contribution in [0.3, 0.4) is 0 Å². The van der Waals surface area contributed by atoms with E-state index >= 15 is 0 Å². The number of hydrogen-bond acceptors (Lipinski definition) is 2. The van der Waals surface area contributed by atoms with E-state index in [4.69, 9.17) is 16.3 Å². The number of ether oxygens (including phenoxy) is 1. The van der Waals surface area contributed by atoms with Gasteiger partial charge in [0.05, 0.1) is 0 Å². The highest BCUT2D eigenvalue weighted by Crippen LogP contribution is 2.26. The molecule has 2 aromatic carbocycles. The van der Waals surface area contributed by atoms with Crippen LogP contribution in [-0.2, 0) is 13.0 Å². The number of Topliss-reactive ketones (excluding diaryl/α,β-unsaturated/α-hetero) is 1. The zero-order valence-electron chi connectivity index (χ0n) is 11.3. The highest BCUT2D eigenvalue weighted by Gasteiger charge is 2.19. The molecule has 0 spiro atoms. The Bertz CT molecular complexity index is 677. The molecule has 3 heteroatoms. The Morgan fingerprint density at radius 1 is 1.15 bits per heavy atom. The Morgan fingerprint density at radius 3 is 2.80 bits per heavy atom. The van der Waals surface area contributed by atoms with Crippen molar-refractivity contribution in [3.63, 3.8) is 0 Å². The predicted molar refractivity (Wildman–Crippen MR) is 79.6 cm³/mol. The molecule has 20 heavy (non-hydrogen) atoms. The van der Waals surface area contributed by atoms with Crippen LogP contribution < -0.4 is 4.74 Å². The molecule has 0 amide bonds. The van der Waals surface area contributed by atoms with Crippen LogP contribution in [0, 0.1) is 6.92 Å². The molecule has 0 atom stereocenters. The lowest BCUT2D eigenvalue weighted by Crippen LogP contribution is -1.97. The molecule has 1 aliphatic rings. The first-order valence-corrected chi connectivity index (χ1v) is 7.05. The molecular weight excluding hydrogens is 272 g/mol. The third-order valence-electron chi connectivity index (χ3n) is 3.64. The Hall–Kier alpha value is -1.80. The van der Waals surface area contributed by atoms with Gasteiger partial charge in [-0.1, -0.05) is 23.7 Å². The van der Waals surface area contributed by atoms with Gasteiger partial charge in [-0.15, -0.1) is 0 Å². The molecule has 0 heterocycles. The van der Waals surface area contributed by atoms with E-state index < -0.39 is 0 Å². The fraction of sp³-hybridized carbons (Fsp3) is 0.235. The van der Waals surface area contributed by atoms with Crippen LogP contribution in [-0.4, -0.2) is 5.78 Å². The number of carbonyl (C=O) groups excluding carboxylic acids is 1. The second-order valence-corrected chi connectivity index (χ2v) is 5.52. The average Bonchev–Trinajstić information content (AvgIpc) is 2.81. The summed E-state index contributed by atoms with van der Waals surface area (Å²) in [5.41, 5.74) is 4.04. The quantitative estimate of drug-likeness (QED) is 0.838. The number of benzene rings is 2. The molecule has 0 fully saturated rings. The van der Waals surface area contributed by atoms with Gasteiger partial charge in [-0.2, -0.15) is 0 Å². The van der Waals surface area contributed by atoms with Gasteiger partial charge in [0.15, 0.2) is 5.78 Å². The van der Waals surface area contributed by atoms with Crippen LogP contribution in [0.1, 0.15) is 33.5 Å². The van der Waals surface area contributed by atoms with Crippen molar-refractivity contribution in [2.45, 2.75) is 26.4 Å². The van der Waals surface area contributed by atoms with Crippen LogP contribution in [0.15, 0.2) is 36.4 Å². The second-order valence-electron chi connectivity index (χ2n) is 5.11. The van der Waals surface area contributed by atoms with Crippen molar-refractivity contribution in [1.29, 1.82) is 0 Å². The summed E-state index contributed by atoms with van der Waals surface area (Å²) in [5, 5.41) is 0.755. The Kier molecular flexibility index (Phi) is 3.49. The minimum absolute atomic E-state index is 0.233. The molecule has 0 saturated carbocycles. The first kappa shape index (κ1) is 13.2. The van der Waals surface area contributed by atoms with E-state index in [1.165, 1.54) is 0 Å². The molecule has 1 aliphatic carbocycles. The van der Waals surface area contributed by atoms with Crippen LogP contribution in [0.5, 0.6) is 5.75 Å². The zero-order chi connectivity index (χ0) is 14.1. The Labute approximate surface area is 123 Å². The molecule has 2 nitrogen and oxygen atoms in total. The third kappa shape index (κ3) is 2.56. The minimum Gasteiger partial charge on any atom is -0.489 e. The van der Waals surface area contributed by atoms with E-state index in [-0.39, 0.29) is 5.78 Å². The van der Waals surface area contributed by atoms with E-state index in [1.54, 1.807) is 0 Å². The normalized spacial score (nSPS) is 13.4. The maximum Gasteiger partial charge on any atom is 0.163 e. The zero-order valence-corrected chi connectivity index (χ0v) is 12.0. The fourth-order valence-electron chi connectivity index (χ4n) is 2.41. The molecule has 0 saturated heterocycles. The molecule has 0 bridgehead atoms. The monoisotopic (exact) mass is 286 g/mol. The van der Waals surface area contributed by atoms with Gasteiger partial charge in [0.25, 0.3) is 0 Å². The molecule has 2 aromatic rings. The molecule has 0 radical (unpaired) electrons. The summed E-state index contributed by atoms with van der Waals surface area (Å²) in [6.07, 6.45) is 1.44. The lowest BCUT2D eigenvalue weighted by molar-refractivity contribution is 0.0994. The highest BCUT2D eigenvalue weighted by molar-refractivity contribution is 6.31. The number of aryl methyl sites for hydroxylation is 2. The van der Waals surface area contributed by atoms with Crippen LogP contribution in [0.2, 0.25) is 5.02 Å². The first-order chi connectivity index (χ1) is 9.63. The average molecular weight is 287 g/mol. The number of carbonyl (C=O) groups is 1. The third-order valence-corrected chi connectivity index (χ3v) is 4.05. The standard InChI is InChI=1S/C17H15ClO2/c1-11-2-3-12(8-16(11)18)10-20-14-5-6-15-13(9-14)4-7-17(15)19/h2-3,5-6,8-9H,4,7,10H2,1H3. The molecule has 0 N–H and O–H groups in total. The second kappa shape index (κ2) is 5.29. The largest absolute Gasteiger partial charge is 0.489 e. The number of rotatable bonds is 3. The van der Waals surface area contributed by atoms with Crippen molar-refractivity contribution in [1.82, 2.24) is 0 Å². The van der Waals surface area contributed by atoms with E-state index in [2.05, 4.69) is 0 Å². The molecular formula is C17H15ClO2. The summed E-state index contributed by atoms with van der Waals surface area (Å²) in [4.78, 5) is 11.6. The summed E-state index contributed by atoms with van der Waals surface area (Å²) in [6, 6.07) is 11.6. The predicted octanol–water partition coefficient (Wildman–Crippen LogP) is 4.36. The lowest BCUT2D eigenvalue weighted by atomic mass is 10.1. The van der Waals surface area contributed by atoms with Gasteiger partial charge in [-0.05, 0) is 54.3 Å². The van der Waals surface area contributed by atoms with E-state index in [0.29, 0.717) is 13.0 Å². The number of ketones is 1. The van der Waals surface area contributed by atoms with Crippen LogP contribution in [0.25, 0.3) is 0 Å². The number of fused-ring (bicyclic) bond motifs is 1. The molecule has 0 aromatic heterocycles. The van der Waals surface area contributed by atoms with Crippen molar-refractivity contribution >= 4 is 17.4 Å². The van der Waals surface area contributed by atoms with Gasteiger partial charge in [0.1, 0.15) is 12.4 Å². The van der Waals surface area contributed by atoms with Crippen molar-refractivity contribution < 1.29 is 9.53 Å². The fourth-order valence-corrected chi connectivity index (χ4v) is 2.62. The van der Waals surface area contributed by atoms with Crippen LogP contribution >= 0.6 is 11.6 Å². The Balaban J connectivity index is 1.72. The van der Waals surface area contributed by atoms with Gasteiger partial charge < -0.3 is 4.74 Å². The van der Waals surface area contributed by atoms with Crippen molar-refractivity contribution in [3.8, 4) is 5.75 Å². The number of halogens is 1. The van der Waals surface area contributed by atoms with Gasteiger partial charge >= 0.3 is 0 Å². The SMILES string of the molecule is Cc1ccc(COc2ccc3c(c2)CCC3=O)cc1Cl. The van der Waals surface area contributed by atoms with Gasteiger partial charge in [-0.3, -0.25) is 4.79 Å². The van der Waals surface area contributed by atoms with Crippen LogP contribution in [0.4, 0.5) is 0 Å². The molecule has 0 unspecified atom stereocenters. The van der Waals surface area contributed by atoms with E-state index in [0.717, 1.165) is 39.4 Å². The summed E-state index contributed by atoms with van der Waals surface area (Å²) >= 11 is 6.10. The van der Waals surface area contributed by atoms with Gasteiger partial charge in [0.2, 0.25) is 0 Å².